The Labute approximate surface area is 148 Å². The number of benzene rings is 2. The molecule has 0 radical (unpaired) electrons. The number of aliphatic carboxylic acids is 1. The topological polar surface area (TPSA) is 83.6 Å². The minimum atomic E-state index is -0.989. The van der Waals surface area contributed by atoms with Crippen LogP contribution in [0, 0.1) is 0 Å². The number of nitrogens with two attached hydrogens (primary N) is 1. The lowest BCUT2D eigenvalue weighted by Gasteiger charge is -2.29. The number of carbonyl (C=O) groups excluding carboxylic acids is 1. The van der Waals surface area contributed by atoms with Gasteiger partial charge in [-0.2, -0.15) is 0 Å². The average Bonchev–Trinajstić information content (AvgIpc) is 2.64. The monoisotopic (exact) mass is 340 g/mol. The van der Waals surface area contributed by atoms with Crippen LogP contribution in [-0.4, -0.2) is 34.5 Å². The normalized spacial score (nSPS) is 11.7. The summed E-state index contributed by atoms with van der Waals surface area (Å²) in [6.07, 6.45) is 1.79. The summed E-state index contributed by atoms with van der Waals surface area (Å²) in [6.45, 7) is 0.770. The molecule has 0 spiro atoms. The Morgan fingerprint density at radius 1 is 0.960 bits per heavy atom. The minimum absolute atomic E-state index is 0.258. The number of carbonyl (C=O) groups is 2. The second-order valence-electron chi connectivity index (χ2n) is 5.92. The first-order chi connectivity index (χ1) is 12.1. The van der Waals surface area contributed by atoms with Crippen molar-refractivity contribution in [3.8, 4) is 0 Å². The number of hydrogen-bond donors (Lipinski definition) is 2. The highest BCUT2D eigenvalue weighted by Gasteiger charge is 2.30. The second kappa shape index (κ2) is 9.59. The summed E-state index contributed by atoms with van der Waals surface area (Å²) in [5.74, 6) is -1.26. The number of unbranched alkanes of at least 4 members (excludes halogenated alkanes) is 1. The molecule has 1 amide bonds. The van der Waals surface area contributed by atoms with Crippen molar-refractivity contribution >= 4 is 11.9 Å². The van der Waals surface area contributed by atoms with Crippen molar-refractivity contribution < 1.29 is 14.7 Å². The number of nitrogens with zero attached hydrogens (tertiary/aromatic N) is 1. The zero-order valence-corrected chi connectivity index (χ0v) is 14.2. The van der Waals surface area contributed by atoms with Crippen LogP contribution in [0.25, 0.3) is 0 Å². The Morgan fingerprint density at radius 3 is 2.12 bits per heavy atom. The molecule has 3 N–H and O–H groups in total. The van der Waals surface area contributed by atoms with E-state index in [0.29, 0.717) is 24.9 Å². The lowest BCUT2D eigenvalue weighted by atomic mass is 10.0. The Bertz CT molecular complexity index is 674. The summed E-state index contributed by atoms with van der Waals surface area (Å²) in [6, 6.07) is 17.4. The fourth-order valence-corrected chi connectivity index (χ4v) is 2.74. The molecule has 0 saturated carbocycles. The molecule has 0 aliphatic carbocycles. The van der Waals surface area contributed by atoms with Crippen molar-refractivity contribution in [3.63, 3.8) is 0 Å². The molecular weight excluding hydrogens is 316 g/mol. The minimum Gasteiger partial charge on any atom is -0.480 e. The van der Waals surface area contributed by atoms with Crippen LogP contribution in [0.3, 0.4) is 0 Å². The Kier molecular flexibility index (Phi) is 7.16. The third kappa shape index (κ3) is 5.43. The van der Waals surface area contributed by atoms with Crippen LogP contribution in [0.4, 0.5) is 0 Å². The molecule has 0 fully saturated rings. The van der Waals surface area contributed by atoms with E-state index in [1.54, 1.807) is 24.3 Å². The third-order valence-corrected chi connectivity index (χ3v) is 4.07. The number of hydrogen-bond acceptors (Lipinski definition) is 3. The fraction of sp³-hybridized carbons (Fsp3) is 0.300. The summed E-state index contributed by atoms with van der Waals surface area (Å²) in [7, 11) is 0. The molecule has 0 aromatic heterocycles. The van der Waals surface area contributed by atoms with Crippen molar-refractivity contribution in [2.75, 3.05) is 6.54 Å². The lowest BCUT2D eigenvalue weighted by Crippen LogP contribution is -2.44. The van der Waals surface area contributed by atoms with Gasteiger partial charge in [-0.05, 0) is 43.5 Å². The molecule has 2 rings (SSSR count). The molecule has 132 valence electrons. The quantitative estimate of drug-likeness (QED) is 0.688. The van der Waals surface area contributed by atoms with Gasteiger partial charge in [0, 0.05) is 12.1 Å². The van der Waals surface area contributed by atoms with Gasteiger partial charge in [0.25, 0.3) is 5.91 Å². The first-order valence-electron chi connectivity index (χ1n) is 8.46. The van der Waals surface area contributed by atoms with E-state index < -0.39 is 12.0 Å². The highest BCUT2D eigenvalue weighted by molar-refractivity contribution is 5.96. The van der Waals surface area contributed by atoms with Gasteiger partial charge in [0.1, 0.15) is 6.04 Å². The number of carboxylic acid groups (broad SMARTS) is 1. The standard InChI is InChI=1S/C20H24N2O3/c21-14-8-7-13-18(20(24)25)22(15-16-9-3-1-4-10-16)19(23)17-11-5-2-6-12-17/h1-6,9-12,18H,7-8,13-15,21H2,(H,24,25). The summed E-state index contributed by atoms with van der Waals surface area (Å²) >= 11 is 0. The first kappa shape index (κ1) is 18.7. The van der Waals surface area contributed by atoms with Crippen LogP contribution in [0.2, 0.25) is 0 Å². The maximum Gasteiger partial charge on any atom is 0.326 e. The van der Waals surface area contributed by atoms with Gasteiger partial charge in [-0.15, -0.1) is 0 Å². The van der Waals surface area contributed by atoms with Crippen molar-refractivity contribution in [1.82, 2.24) is 4.90 Å². The zero-order chi connectivity index (χ0) is 18.1. The van der Waals surface area contributed by atoms with E-state index in [-0.39, 0.29) is 12.5 Å². The molecule has 1 unspecified atom stereocenters. The molecule has 1 atom stereocenters. The third-order valence-electron chi connectivity index (χ3n) is 4.07. The van der Waals surface area contributed by atoms with Crippen LogP contribution >= 0.6 is 0 Å². The second-order valence-corrected chi connectivity index (χ2v) is 5.92. The molecule has 0 bridgehead atoms. The highest BCUT2D eigenvalue weighted by Crippen LogP contribution is 2.17. The summed E-state index contributed by atoms with van der Waals surface area (Å²) in [5.41, 5.74) is 6.90. The number of amides is 1. The molecular formula is C20H24N2O3. The maximum absolute atomic E-state index is 13.0. The summed E-state index contributed by atoms with van der Waals surface area (Å²) in [4.78, 5) is 26.2. The molecule has 2 aromatic rings. The smallest absolute Gasteiger partial charge is 0.326 e. The average molecular weight is 340 g/mol. The van der Waals surface area contributed by atoms with Crippen molar-refractivity contribution in [2.45, 2.75) is 31.8 Å². The van der Waals surface area contributed by atoms with E-state index in [1.165, 1.54) is 4.90 Å². The van der Waals surface area contributed by atoms with Crippen LogP contribution in [0.5, 0.6) is 0 Å². The van der Waals surface area contributed by atoms with Gasteiger partial charge in [-0.1, -0.05) is 48.5 Å². The number of rotatable bonds is 9. The van der Waals surface area contributed by atoms with Gasteiger partial charge in [-0.3, -0.25) is 4.79 Å². The van der Waals surface area contributed by atoms with Gasteiger partial charge >= 0.3 is 5.97 Å². The van der Waals surface area contributed by atoms with E-state index >= 15 is 0 Å². The Morgan fingerprint density at radius 2 is 1.56 bits per heavy atom. The van der Waals surface area contributed by atoms with Crippen molar-refractivity contribution in [2.24, 2.45) is 5.73 Å². The molecule has 5 nitrogen and oxygen atoms in total. The first-order valence-corrected chi connectivity index (χ1v) is 8.46. The predicted molar refractivity (Wildman–Crippen MR) is 97.1 cm³/mol. The van der Waals surface area contributed by atoms with Gasteiger partial charge in [-0.25, -0.2) is 4.79 Å². The largest absolute Gasteiger partial charge is 0.480 e. The van der Waals surface area contributed by atoms with E-state index in [2.05, 4.69) is 0 Å². The Balaban J connectivity index is 2.29. The predicted octanol–water partition coefficient (Wildman–Crippen LogP) is 2.91. The van der Waals surface area contributed by atoms with Gasteiger partial charge in [0.05, 0.1) is 0 Å². The van der Waals surface area contributed by atoms with Gasteiger partial charge < -0.3 is 15.7 Å². The number of carboxylic acids is 1. The fourth-order valence-electron chi connectivity index (χ4n) is 2.74. The Hall–Kier alpha value is -2.66. The van der Waals surface area contributed by atoms with E-state index in [9.17, 15) is 14.7 Å². The van der Waals surface area contributed by atoms with Gasteiger partial charge in [0.15, 0.2) is 0 Å². The highest BCUT2D eigenvalue weighted by atomic mass is 16.4. The van der Waals surface area contributed by atoms with Crippen LogP contribution in [0.15, 0.2) is 60.7 Å². The lowest BCUT2D eigenvalue weighted by molar-refractivity contribution is -0.142. The molecule has 0 aliphatic rings. The maximum atomic E-state index is 13.0. The molecule has 0 saturated heterocycles. The molecule has 0 aliphatic heterocycles. The zero-order valence-electron chi connectivity index (χ0n) is 14.2. The van der Waals surface area contributed by atoms with E-state index in [4.69, 9.17) is 5.73 Å². The molecule has 5 heteroatoms. The summed E-state index contributed by atoms with van der Waals surface area (Å²) < 4.78 is 0. The van der Waals surface area contributed by atoms with Crippen LogP contribution in [-0.2, 0) is 11.3 Å². The molecule has 0 heterocycles. The van der Waals surface area contributed by atoms with E-state index in [1.807, 2.05) is 36.4 Å². The van der Waals surface area contributed by atoms with Crippen LogP contribution < -0.4 is 5.73 Å². The van der Waals surface area contributed by atoms with Crippen LogP contribution in [0.1, 0.15) is 35.2 Å². The SMILES string of the molecule is NCCCCC(C(=O)O)N(Cc1ccccc1)C(=O)c1ccccc1. The summed E-state index contributed by atoms with van der Waals surface area (Å²) in [5, 5.41) is 9.69. The van der Waals surface area contributed by atoms with Crippen molar-refractivity contribution in [3.05, 3.63) is 71.8 Å². The van der Waals surface area contributed by atoms with E-state index in [0.717, 1.165) is 12.0 Å². The van der Waals surface area contributed by atoms with Gasteiger partial charge in [0.2, 0.25) is 0 Å². The molecule has 25 heavy (non-hydrogen) atoms. The molecule has 2 aromatic carbocycles. The van der Waals surface area contributed by atoms with Crippen molar-refractivity contribution in [1.29, 1.82) is 0 Å².